The van der Waals surface area contributed by atoms with Crippen LogP contribution >= 0.6 is 0 Å². The number of benzene rings is 2. The Kier molecular flexibility index (Phi) is 4.93. The minimum Gasteiger partial charge on any atom is -0.338 e. The standard InChI is InChI=1S/C20H23N5/c1-5-25(17-9-7-6-8-10-17)20-23-18(13-21-24-20)22-19-15(3)11-14(2)12-16(19)4/h6-13H,5H2,1-4H3,(H,22,23,24). The van der Waals surface area contributed by atoms with E-state index in [1.54, 1.807) is 6.20 Å². The number of aryl methyl sites for hydroxylation is 3. The normalized spacial score (nSPS) is 10.6. The molecule has 0 aliphatic heterocycles. The minimum absolute atomic E-state index is 0.584. The van der Waals surface area contributed by atoms with E-state index in [1.807, 2.05) is 35.2 Å². The first kappa shape index (κ1) is 16.9. The summed E-state index contributed by atoms with van der Waals surface area (Å²) in [7, 11) is 0. The molecule has 1 heterocycles. The molecule has 128 valence electrons. The Hall–Kier alpha value is -2.95. The predicted molar refractivity (Wildman–Crippen MR) is 103 cm³/mol. The molecule has 2 aromatic carbocycles. The van der Waals surface area contributed by atoms with Gasteiger partial charge in [0.15, 0.2) is 5.82 Å². The van der Waals surface area contributed by atoms with Crippen LogP contribution in [0.2, 0.25) is 0 Å². The second kappa shape index (κ2) is 7.30. The van der Waals surface area contributed by atoms with Crippen molar-refractivity contribution in [3.05, 3.63) is 65.4 Å². The van der Waals surface area contributed by atoms with Crippen molar-refractivity contribution in [2.75, 3.05) is 16.8 Å². The number of rotatable bonds is 5. The topological polar surface area (TPSA) is 53.9 Å². The SMILES string of the molecule is CCN(c1ccccc1)c1nncc(Nc2c(C)cc(C)cc2C)n1. The molecule has 0 amide bonds. The van der Waals surface area contributed by atoms with Crippen LogP contribution in [0.5, 0.6) is 0 Å². The molecule has 5 nitrogen and oxygen atoms in total. The average Bonchev–Trinajstić information content (AvgIpc) is 2.60. The zero-order chi connectivity index (χ0) is 17.8. The van der Waals surface area contributed by atoms with E-state index in [9.17, 15) is 0 Å². The summed E-state index contributed by atoms with van der Waals surface area (Å²) in [5.41, 5.74) is 5.75. The number of aromatic nitrogens is 3. The molecule has 0 unspecified atom stereocenters. The van der Waals surface area contributed by atoms with E-state index in [-0.39, 0.29) is 0 Å². The summed E-state index contributed by atoms with van der Waals surface area (Å²) in [5, 5.41) is 11.7. The third kappa shape index (κ3) is 3.76. The van der Waals surface area contributed by atoms with E-state index in [1.165, 1.54) is 16.7 Å². The number of nitrogens with zero attached hydrogens (tertiary/aromatic N) is 4. The molecule has 25 heavy (non-hydrogen) atoms. The largest absolute Gasteiger partial charge is 0.338 e. The molecule has 1 aromatic heterocycles. The van der Waals surface area contributed by atoms with Gasteiger partial charge in [-0.3, -0.25) is 0 Å². The highest BCUT2D eigenvalue weighted by Crippen LogP contribution is 2.26. The summed E-state index contributed by atoms with van der Waals surface area (Å²) in [6.07, 6.45) is 1.65. The first-order valence-electron chi connectivity index (χ1n) is 8.45. The number of hydrogen-bond donors (Lipinski definition) is 1. The highest BCUT2D eigenvalue weighted by atomic mass is 15.3. The van der Waals surface area contributed by atoms with Gasteiger partial charge in [-0.05, 0) is 51.0 Å². The van der Waals surface area contributed by atoms with Crippen molar-refractivity contribution in [1.82, 2.24) is 15.2 Å². The van der Waals surface area contributed by atoms with Crippen LogP contribution < -0.4 is 10.2 Å². The maximum Gasteiger partial charge on any atom is 0.251 e. The highest BCUT2D eigenvalue weighted by molar-refractivity contribution is 5.66. The van der Waals surface area contributed by atoms with Gasteiger partial charge in [0.05, 0.1) is 6.20 Å². The van der Waals surface area contributed by atoms with Gasteiger partial charge in [-0.1, -0.05) is 35.9 Å². The fraction of sp³-hybridized carbons (Fsp3) is 0.250. The van der Waals surface area contributed by atoms with Gasteiger partial charge in [0.2, 0.25) is 0 Å². The third-order valence-corrected chi connectivity index (χ3v) is 4.10. The molecular weight excluding hydrogens is 310 g/mol. The van der Waals surface area contributed by atoms with Crippen LogP contribution in [-0.2, 0) is 0 Å². The summed E-state index contributed by atoms with van der Waals surface area (Å²) in [6, 6.07) is 14.4. The molecule has 0 radical (unpaired) electrons. The lowest BCUT2D eigenvalue weighted by Gasteiger charge is -2.21. The van der Waals surface area contributed by atoms with Crippen molar-refractivity contribution in [3.8, 4) is 0 Å². The van der Waals surface area contributed by atoms with Crippen LogP contribution in [-0.4, -0.2) is 21.7 Å². The van der Waals surface area contributed by atoms with Gasteiger partial charge in [0.25, 0.3) is 5.95 Å². The second-order valence-corrected chi connectivity index (χ2v) is 6.12. The maximum atomic E-state index is 4.66. The summed E-state index contributed by atoms with van der Waals surface area (Å²) in [6.45, 7) is 9.13. The van der Waals surface area contributed by atoms with Gasteiger partial charge >= 0.3 is 0 Å². The van der Waals surface area contributed by atoms with Gasteiger partial charge in [-0.25, -0.2) is 0 Å². The van der Waals surface area contributed by atoms with Crippen molar-refractivity contribution in [2.45, 2.75) is 27.7 Å². The van der Waals surface area contributed by atoms with Gasteiger partial charge in [-0.2, -0.15) is 10.1 Å². The fourth-order valence-corrected chi connectivity index (χ4v) is 3.02. The Balaban J connectivity index is 1.92. The second-order valence-electron chi connectivity index (χ2n) is 6.12. The van der Waals surface area contributed by atoms with Crippen LogP contribution in [0.15, 0.2) is 48.7 Å². The van der Waals surface area contributed by atoms with Crippen LogP contribution in [0, 0.1) is 20.8 Å². The Morgan fingerprint density at radius 1 is 1.00 bits per heavy atom. The van der Waals surface area contributed by atoms with Crippen molar-refractivity contribution in [2.24, 2.45) is 0 Å². The van der Waals surface area contributed by atoms with Crippen molar-refractivity contribution >= 4 is 23.1 Å². The summed E-state index contributed by atoms with van der Waals surface area (Å²) in [4.78, 5) is 6.70. The Morgan fingerprint density at radius 2 is 1.68 bits per heavy atom. The third-order valence-electron chi connectivity index (χ3n) is 4.10. The van der Waals surface area contributed by atoms with Crippen LogP contribution in [0.3, 0.4) is 0 Å². The van der Waals surface area contributed by atoms with Crippen molar-refractivity contribution < 1.29 is 0 Å². The van der Waals surface area contributed by atoms with Crippen molar-refractivity contribution in [3.63, 3.8) is 0 Å². The quantitative estimate of drug-likeness (QED) is 0.733. The molecule has 0 aliphatic carbocycles. The summed E-state index contributed by atoms with van der Waals surface area (Å²) < 4.78 is 0. The number of nitrogens with one attached hydrogen (secondary N) is 1. The molecule has 0 aliphatic rings. The Bertz CT molecular complexity index is 838. The minimum atomic E-state index is 0.584. The molecule has 3 aromatic rings. The molecule has 0 saturated carbocycles. The molecule has 3 rings (SSSR count). The van der Waals surface area contributed by atoms with E-state index in [2.05, 4.69) is 60.3 Å². The molecule has 0 fully saturated rings. The van der Waals surface area contributed by atoms with E-state index in [4.69, 9.17) is 0 Å². The van der Waals surface area contributed by atoms with Crippen LogP contribution in [0.1, 0.15) is 23.6 Å². The maximum absolute atomic E-state index is 4.66. The number of hydrogen-bond acceptors (Lipinski definition) is 5. The Morgan fingerprint density at radius 3 is 2.32 bits per heavy atom. The summed E-state index contributed by atoms with van der Waals surface area (Å²) >= 11 is 0. The molecule has 0 atom stereocenters. The van der Waals surface area contributed by atoms with Gasteiger partial charge in [-0.15, -0.1) is 5.10 Å². The number of anilines is 4. The smallest absolute Gasteiger partial charge is 0.251 e. The van der Waals surface area contributed by atoms with Gasteiger partial charge < -0.3 is 10.2 Å². The summed E-state index contributed by atoms with van der Waals surface area (Å²) in [5.74, 6) is 1.27. The molecular formula is C20H23N5. The van der Waals surface area contributed by atoms with Crippen LogP contribution in [0.25, 0.3) is 0 Å². The lowest BCUT2D eigenvalue weighted by Crippen LogP contribution is -2.19. The first-order valence-corrected chi connectivity index (χ1v) is 8.45. The van der Waals surface area contributed by atoms with E-state index in [0.29, 0.717) is 11.8 Å². The lowest BCUT2D eigenvalue weighted by molar-refractivity contribution is 0.887. The van der Waals surface area contributed by atoms with E-state index < -0.39 is 0 Å². The molecule has 0 bridgehead atoms. The molecule has 0 spiro atoms. The number of para-hydroxylation sites is 1. The Labute approximate surface area is 148 Å². The van der Waals surface area contributed by atoms with Gasteiger partial charge in [0, 0.05) is 17.9 Å². The van der Waals surface area contributed by atoms with E-state index in [0.717, 1.165) is 17.9 Å². The fourth-order valence-electron chi connectivity index (χ4n) is 3.02. The molecule has 1 N–H and O–H groups in total. The zero-order valence-electron chi connectivity index (χ0n) is 15.1. The molecule has 5 heteroatoms. The first-order chi connectivity index (χ1) is 12.1. The van der Waals surface area contributed by atoms with Crippen LogP contribution in [0.4, 0.5) is 23.1 Å². The zero-order valence-corrected chi connectivity index (χ0v) is 15.1. The lowest BCUT2D eigenvalue weighted by atomic mass is 10.1. The molecule has 0 saturated heterocycles. The van der Waals surface area contributed by atoms with Crippen molar-refractivity contribution in [1.29, 1.82) is 0 Å². The average molecular weight is 333 g/mol. The predicted octanol–water partition coefficient (Wildman–Crippen LogP) is 4.70. The van der Waals surface area contributed by atoms with Gasteiger partial charge in [0.1, 0.15) is 0 Å². The monoisotopic (exact) mass is 333 g/mol. The van der Waals surface area contributed by atoms with E-state index >= 15 is 0 Å². The highest BCUT2D eigenvalue weighted by Gasteiger charge is 2.12.